The lowest BCUT2D eigenvalue weighted by Crippen LogP contribution is -2.42. The van der Waals surface area contributed by atoms with Crippen LogP contribution < -0.4 is 16.0 Å². The summed E-state index contributed by atoms with van der Waals surface area (Å²) in [7, 11) is 0. The van der Waals surface area contributed by atoms with Crippen molar-refractivity contribution < 1.29 is 9.59 Å². The van der Waals surface area contributed by atoms with Crippen LogP contribution >= 0.6 is 0 Å². The Bertz CT molecular complexity index is 200. The second kappa shape index (κ2) is 4.81. The molecule has 13 heavy (non-hydrogen) atoms. The van der Waals surface area contributed by atoms with Gasteiger partial charge in [-0.05, 0) is 13.0 Å². The van der Waals surface area contributed by atoms with Gasteiger partial charge in [0.2, 0.25) is 11.8 Å². The van der Waals surface area contributed by atoms with Gasteiger partial charge in [-0.1, -0.05) is 0 Å². The van der Waals surface area contributed by atoms with E-state index in [1.807, 2.05) is 0 Å². The van der Waals surface area contributed by atoms with Crippen LogP contribution in [-0.4, -0.2) is 37.5 Å². The minimum absolute atomic E-state index is 0.0752. The first-order valence-corrected chi connectivity index (χ1v) is 4.43. The van der Waals surface area contributed by atoms with E-state index < -0.39 is 0 Å². The number of nitrogens with one attached hydrogen (secondary N) is 3. The van der Waals surface area contributed by atoms with Gasteiger partial charge >= 0.3 is 0 Å². The largest absolute Gasteiger partial charge is 0.351 e. The molecule has 0 spiro atoms. The van der Waals surface area contributed by atoms with Crippen LogP contribution in [0.4, 0.5) is 0 Å². The lowest BCUT2D eigenvalue weighted by molar-refractivity contribution is -0.125. The van der Waals surface area contributed by atoms with Crippen molar-refractivity contribution in [2.24, 2.45) is 0 Å². The third-order valence-electron chi connectivity index (χ3n) is 1.92. The van der Waals surface area contributed by atoms with Crippen molar-refractivity contribution in [3.05, 3.63) is 0 Å². The van der Waals surface area contributed by atoms with Crippen molar-refractivity contribution >= 4 is 11.8 Å². The molecule has 5 heteroatoms. The Morgan fingerprint density at radius 1 is 1.54 bits per heavy atom. The number of hydrogen-bond donors (Lipinski definition) is 3. The predicted octanol–water partition coefficient (Wildman–Crippen LogP) is -1.40. The van der Waals surface area contributed by atoms with Crippen LogP contribution in [0.25, 0.3) is 0 Å². The van der Waals surface area contributed by atoms with Crippen molar-refractivity contribution in [1.29, 1.82) is 0 Å². The highest BCUT2D eigenvalue weighted by Gasteiger charge is 2.16. The van der Waals surface area contributed by atoms with Gasteiger partial charge in [-0.25, -0.2) is 0 Å². The van der Waals surface area contributed by atoms with Crippen molar-refractivity contribution in [3.8, 4) is 0 Å². The molecule has 2 amide bonds. The zero-order valence-corrected chi connectivity index (χ0v) is 7.72. The van der Waals surface area contributed by atoms with Crippen LogP contribution in [0, 0.1) is 0 Å². The Kier molecular flexibility index (Phi) is 3.70. The van der Waals surface area contributed by atoms with Gasteiger partial charge in [0.1, 0.15) is 0 Å². The molecule has 74 valence electrons. The Balaban J connectivity index is 2.13. The summed E-state index contributed by atoms with van der Waals surface area (Å²) in [5.41, 5.74) is 0. The maximum Gasteiger partial charge on any atom is 0.239 e. The van der Waals surface area contributed by atoms with Crippen molar-refractivity contribution in [2.45, 2.75) is 19.4 Å². The van der Waals surface area contributed by atoms with E-state index in [1.165, 1.54) is 6.92 Å². The fraction of sp³-hybridized carbons (Fsp3) is 0.750. The lowest BCUT2D eigenvalue weighted by atomic mass is 10.2. The zero-order valence-electron chi connectivity index (χ0n) is 7.72. The Morgan fingerprint density at radius 3 is 2.85 bits per heavy atom. The van der Waals surface area contributed by atoms with Gasteiger partial charge in [-0.15, -0.1) is 0 Å². The predicted molar refractivity (Wildman–Crippen MR) is 48.1 cm³/mol. The van der Waals surface area contributed by atoms with Crippen LogP contribution in [0.1, 0.15) is 13.3 Å². The molecule has 5 nitrogen and oxygen atoms in total. The minimum Gasteiger partial charge on any atom is -0.351 e. The molecular weight excluding hydrogens is 170 g/mol. The Labute approximate surface area is 77.3 Å². The van der Waals surface area contributed by atoms with Gasteiger partial charge in [0.05, 0.1) is 6.54 Å². The number of carbonyl (C=O) groups is 2. The van der Waals surface area contributed by atoms with Crippen LogP contribution in [0.2, 0.25) is 0 Å². The number of carbonyl (C=O) groups excluding carboxylic acids is 2. The molecule has 0 aromatic carbocycles. The molecule has 1 aliphatic rings. The van der Waals surface area contributed by atoms with Gasteiger partial charge in [-0.2, -0.15) is 0 Å². The van der Waals surface area contributed by atoms with E-state index in [2.05, 4.69) is 16.0 Å². The summed E-state index contributed by atoms with van der Waals surface area (Å²) in [6.07, 6.45) is 0.964. The molecule has 1 fully saturated rings. The van der Waals surface area contributed by atoms with Crippen LogP contribution in [0.3, 0.4) is 0 Å². The first-order chi connectivity index (χ1) is 6.18. The average molecular weight is 185 g/mol. The highest BCUT2D eigenvalue weighted by Crippen LogP contribution is 1.95. The fourth-order valence-corrected chi connectivity index (χ4v) is 1.26. The topological polar surface area (TPSA) is 70.2 Å². The average Bonchev–Trinajstić information content (AvgIpc) is 2.53. The molecule has 1 heterocycles. The normalized spacial score (nSPS) is 21.2. The van der Waals surface area contributed by atoms with Crippen LogP contribution in [-0.2, 0) is 9.59 Å². The third-order valence-corrected chi connectivity index (χ3v) is 1.92. The summed E-state index contributed by atoms with van der Waals surface area (Å²) < 4.78 is 0. The highest BCUT2D eigenvalue weighted by molar-refractivity contribution is 5.83. The molecule has 1 atom stereocenters. The van der Waals surface area contributed by atoms with Gasteiger partial charge in [0, 0.05) is 19.5 Å². The van der Waals surface area contributed by atoms with Gasteiger partial charge in [0.25, 0.3) is 0 Å². The molecule has 0 saturated carbocycles. The molecule has 0 bridgehead atoms. The van der Waals surface area contributed by atoms with E-state index >= 15 is 0 Å². The third kappa shape index (κ3) is 3.89. The molecule has 0 aliphatic carbocycles. The van der Waals surface area contributed by atoms with Gasteiger partial charge in [0.15, 0.2) is 0 Å². The minimum atomic E-state index is -0.181. The summed E-state index contributed by atoms with van der Waals surface area (Å²) in [4.78, 5) is 21.6. The number of hydrogen-bond acceptors (Lipinski definition) is 3. The van der Waals surface area contributed by atoms with E-state index in [4.69, 9.17) is 0 Å². The summed E-state index contributed by atoms with van der Waals surface area (Å²) in [6.45, 7) is 3.24. The fourth-order valence-electron chi connectivity index (χ4n) is 1.26. The molecule has 1 aliphatic heterocycles. The van der Waals surface area contributed by atoms with Gasteiger partial charge in [-0.3, -0.25) is 9.59 Å². The zero-order chi connectivity index (χ0) is 9.68. The summed E-state index contributed by atoms with van der Waals surface area (Å²) in [5, 5.41) is 8.41. The summed E-state index contributed by atoms with van der Waals surface area (Å²) in [6, 6.07) is 0.223. The highest BCUT2D eigenvalue weighted by atomic mass is 16.2. The Hall–Kier alpha value is -1.10. The SMILES string of the molecule is CC(=O)NCC(=O)NC1CCNC1. The standard InChI is InChI=1S/C8H15N3O2/c1-6(12)10-5-8(13)11-7-2-3-9-4-7/h7,9H,2-5H2,1H3,(H,10,12)(H,11,13). The maximum atomic E-state index is 11.1. The van der Waals surface area contributed by atoms with Crippen molar-refractivity contribution in [2.75, 3.05) is 19.6 Å². The molecule has 3 N–H and O–H groups in total. The van der Waals surface area contributed by atoms with E-state index in [-0.39, 0.29) is 24.4 Å². The molecule has 0 aromatic rings. The van der Waals surface area contributed by atoms with Crippen LogP contribution in [0.15, 0.2) is 0 Å². The second-order valence-corrected chi connectivity index (χ2v) is 3.17. The quantitative estimate of drug-likeness (QED) is 0.506. The summed E-state index contributed by atoms with van der Waals surface area (Å²) >= 11 is 0. The molecule has 1 rings (SSSR count). The number of amides is 2. The molecule has 0 aromatic heterocycles. The lowest BCUT2D eigenvalue weighted by Gasteiger charge is -2.10. The van der Waals surface area contributed by atoms with E-state index in [0.717, 1.165) is 19.5 Å². The van der Waals surface area contributed by atoms with Crippen LogP contribution in [0.5, 0.6) is 0 Å². The van der Waals surface area contributed by atoms with Crippen molar-refractivity contribution in [1.82, 2.24) is 16.0 Å². The molecule has 1 unspecified atom stereocenters. The molecule has 1 saturated heterocycles. The first-order valence-electron chi connectivity index (χ1n) is 4.43. The summed E-state index contributed by atoms with van der Waals surface area (Å²) in [5.74, 6) is -0.302. The Morgan fingerprint density at radius 2 is 2.31 bits per heavy atom. The van der Waals surface area contributed by atoms with Crippen molar-refractivity contribution in [3.63, 3.8) is 0 Å². The monoisotopic (exact) mass is 185 g/mol. The molecule has 0 radical (unpaired) electrons. The van der Waals surface area contributed by atoms with E-state index in [1.54, 1.807) is 0 Å². The van der Waals surface area contributed by atoms with Gasteiger partial charge < -0.3 is 16.0 Å². The maximum absolute atomic E-state index is 11.1. The number of rotatable bonds is 3. The van der Waals surface area contributed by atoms with E-state index in [0.29, 0.717) is 0 Å². The first kappa shape index (κ1) is 9.98. The second-order valence-electron chi connectivity index (χ2n) is 3.17. The molecular formula is C8H15N3O2. The van der Waals surface area contributed by atoms with E-state index in [9.17, 15) is 9.59 Å². The smallest absolute Gasteiger partial charge is 0.239 e.